The lowest BCUT2D eigenvalue weighted by molar-refractivity contribution is -0.143. The molecule has 2 aliphatic rings. The lowest BCUT2D eigenvalue weighted by Crippen LogP contribution is -2.51. The van der Waals surface area contributed by atoms with Gasteiger partial charge in [0, 0.05) is 12.0 Å². The first-order valence-corrected chi connectivity index (χ1v) is 4.78. The van der Waals surface area contributed by atoms with Gasteiger partial charge in [-0.05, 0) is 17.9 Å². The maximum atomic E-state index is 11.1. The third kappa shape index (κ3) is 1.09. The van der Waals surface area contributed by atoms with Crippen molar-refractivity contribution < 1.29 is 19.8 Å². The predicted octanol–water partition coefficient (Wildman–Crippen LogP) is -0.431. The molecule has 0 aromatic rings. The number of nitrogens with zero attached hydrogens (tertiary/aromatic N) is 1. The van der Waals surface area contributed by atoms with Gasteiger partial charge in [-0.15, -0.1) is 0 Å². The molecule has 0 aromatic carbocycles. The number of nitrogens with two attached hydrogens (primary N) is 1. The fourth-order valence-corrected chi connectivity index (χ4v) is 2.76. The molecule has 0 amide bonds. The lowest BCUT2D eigenvalue weighted by Gasteiger charge is -2.23. The van der Waals surface area contributed by atoms with Crippen molar-refractivity contribution >= 4 is 11.9 Å². The molecule has 0 unspecified atom stereocenters. The zero-order chi connectivity index (χ0) is 12.1. The van der Waals surface area contributed by atoms with E-state index >= 15 is 0 Å². The number of carboxylic acids is 2. The summed E-state index contributed by atoms with van der Waals surface area (Å²) in [6.07, 6.45) is 1.41. The Morgan fingerprint density at radius 2 is 2.19 bits per heavy atom. The summed E-state index contributed by atoms with van der Waals surface area (Å²) in [6.45, 7) is 0. The average Bonchev–Trinajstić information content (AvgIpc) is 2.83. The minimum absolute atomic E-state index is 0.238. The lowest BCUT2D eigenvalue weighted by atomic mass is 9.86. The Bertz CT molecular complexity index is 450. The van der Waals surface area contributed by atoms with Gasteiger partial charge in [0.05, 0.1) is 12.0 Å². The van der Waals surface area contributed by atoms with Crippen LogP contribution in [0.4, 0.5) is 0 Å². The molecule has 2 aliphatic carbocycles. The van der Waals surface area contributed by atoms with Crippen molar-refractivity contribution in [2.24, 2.45) is 23.5 Å². The van der Waals surface area contributed by atoms with Crippen LogP contribution < -0.4 is 5.73 Å². The molecule has 0 spiro atoms. The monoisotopic (exact) mass is 222 g/mol. The number of aliphatic carboxylic acids is 2. The van der Waals surface area contributed by atoms with Crippen molar-refractivity contribution in [3.63, 3.8) is 0 Å². The molecular weight excluding hydrogens is 212 g/mol. The van der Waals surface area contributed by atoms with Crippen LogP contribution in [0.1, 0.15) is 6.42 Å². The zero-order valence-electron chi connectivity index (χ0n) is 8.25. The number of nitriles is 1. The van der Waals surface area contributed by atoms with Gasteiger partial charge in [0.1, 0.15) is 5.54 Å². The van der Waals surface area contributed by atoms with Crippen molar-refractivity contribution in [3.8, 4) is 6.07 Å². The second-order valence-electron chi connectivity index (χ2n) is 4.23. The van der Waals surface area contributed by atoms with E-state index in [4.69, 9.17) is 21.2 Å². The molecular formula is C10H10N2O4. The molecule has 2 saturated carbocycles. The average molecular weight is 222 g/mol. The first-order chi connectivity index (χ1) is 7.44. The van der Waals surface area contributed by atoms with E-state index in [1.54, 1.807) is 6.07 Å². The third-order valence-corrected chi connectivity index (χ3v) is 3.56. The molecule has 6 nitrogen and oxygen atoms in total. The minimum atomic E-state index is -1.68. The van der Waals surface area contributed by atoms with Gasteiger partial charge >= 0.3 is 11.9 Å². The van der Waals surface area contributed by atoms with Gasteiger partial charge in [-0.1, -0.05) is 0 Å². The van der Waals surface area contributed by atoms with Crippen molar-refractivity contribution in [3.05, 3.63) is 11.6 Å². The Kier molecular flexibility index (Phi) is 2.03. The number of fused-ring (bicyclic) bond motifs is 1. The predicted molar refractivity (Wildman–Crippen MR) is 51.0 cm³/mol. The van der Waals surface area contributed by atoms with Crippen molar-refractivity contribution in [2.45, 2.75) is 12.0 Å². The van der Waals surface area contributed by atoms with Gasteiger partial charge in [0.15, 0.2) is 0 Å². The van der Waals surface area contributed by atoms with E-state index in [-0.39, 0.29) is 12.3 Å². The van der Waals surface area contributed by atoms with Crippen molar-refractivity contribution in [2.75, 3.05) is 0 Å². The molecule has 4 N–H and O–H groups in total. The van der Waals surface area contributed by atoms with Gasteiger partial charge in [-0.3, -0.25) is 4.79 Å². The molecule has 0 bridgehead atoms. The summed E-state index contributed by atoms with van der Waals surface area (Å²) in [5.74, 6) is -3.77. The molecule has 2 fully saturated rings. The first-order valence-electron chi connectivity index (χ1n) is 4.78. The summed E-state index contributed by atoms with van der Waals surface area (Å²) in [6, 6.07) is 1.75. The fourth-order valence-electron chi connectivity index (χ4n) is 2.76. The standard InChI is InChI=1S/C10H10N2O4/c11-2-1-4-3-5-6(8(13)14)7(5)10(4,12)9(15)16/h1,5-7H,3,12H2,(H,13,14)(H,15,16)/t5-,6-,7-,10+/m0/s1. The van der Waals surface area contributed by atoms with Gasteiger partial charge in [0.2, 0.25) is 0 Å². The van der Waals surface area contributed by atoms with Crippen LogP contribution in [0.25, 0.3) is 0 Å². The van der Waals surface area contributed by atoms with Crippen LogP contribution in [0.15, 0.2) is 11.6 Å². The number of allylic oxidation sites excluding steroid dienone is 1. The van der Waals surface area contributed by atoms with Gasteiger partial charge in [-0.2, -0.15) is 5.26 Å². The summed E-state index contributed by atoms with van der Waals surface area (Å²) in [4.78, 5) is 22.0. The number of carbonyl (C=O) groups is 2. The summed E-state index contributed by atoms with van der Waals surface area (Å²) < 4.78 is 0. The highest BCUT2D eigenvalue weighted by molar-refractivity contribution is 5.89. The summed E-state index contributed by atoms with van der Waals surface area (Å²) >= 11 is 0. The van der Waals surface area contributed by atoms with E-state index < -0.39 is 29.3 Å². The third-order valence-electron chi connectivity index (χ3n) is 3.56. The van der Waals surface area contributed by atoms with E-state index in [0.717, 1.165) is 6.08 Å². The largest absolute Gasteiger partial charge is 0.481 e. The Morgan fingerprint density at radius 3 is 2.62 bits per heavy atom. The van der Waals surface area contributed by atoms with Gasteiger partial charge in [0.25, 0.3) is 0 Å². The van der Waals surface area contributed by atoms with Crippen LogP contribution in [0.2, 0.25) is 0 Å². The van der Waals surface area contributed by atoms with Crippen LogP contribution in [-0.2, 0) is 9.59 Å². The van der Waals surface area contributed by atoms with Gasteiger partial charge in [-0.25, -0.2) is 4.79 Å². The highest BCUT2D eigenvalue weighted by atomic mass is 16.4. The fraction of sp³-hybridized carbons (Fsp3) is 0.500. The SMILES string of the molecule is N#CC=C1C[C@H]2[C@H](C(=O)O)[C@H]2[C@@]1(N)C(=O)O. The molecule has 0 aliphatic heterocycles. The number of carboxylic acid groups (broad SMARTS) is 2. The highest BCUT2D eigenvalue weighted by Crippen LogP contribution is 2.63. The van der Waals surface area contributed by atoms with Crippen LogP contribution in [0.3, 0.4) is 0 Å². The minimum Gasteiger partial charge on any atom is -0.481 e. The summed E-state index contributed by atoms with van der Waals surface area (Å²) in [7, 11) is 0. The summed E-state index contributed by atoms with van der Waals surface area (Å²) in [5, 5.41) is 26.5. The normalized spacial score (nSPS) is 42.5. The van der Waals surface area contributed by atoms with Crippen molar-refractivity contribution in [1.29, 1.82) is 5.26 Å². The smallest absolute Gasteiger partial charge is 0.328 e. The molecule has 0 heterocycles. The zero-order valence-corrected chi connectivity index (χ0v) is 8.25. The molecule has 16 heavy (non-hydrogen) atoms. The van der Waals surface area contributed by atoms with Gasteiger partial charge < -0.3 is 15.9 Å². The van der Waals surface area contributed by atoms with E-state index in [0.29, 0.717) is 5.57 Å². The van der Waals surface area contributed by atoms with Crippen LogP contribution >= 0.6 is 0 Å². The van der Waals surface area contributed by atoms with E-state index in [1.807, 2.05) is 0 Å². The van der Waals surface area contributed by atoms with Crippen LogP contribution in [0.5, 0.6) is 0 Å². The van der Waals surface area contributed by atoms with E-state index in [9.17, 15) is 9.59 Å². The van der Waals surface area contributed by atoms with E-state index in [1.165, 1.54) is 0 Å². The number of hydrogen-bond donors (Lipinski definition) is 3. The molecule has 0 saturated heterocycles. The molecule has 84 valence electrons. The Hall–Kier alpha value is -1.87. The summed E-state index contributed by atoms with van der Waals surface area (Å²) in [5.41, 5.74) is 4.41. The molecule has 0 radical (unpaired) electrons. The first kappa shape index (κ1) is 10.6. The van der Waals surface area contributed by atoms with Crippen molar-refractivity contribution in [1.82, 2.24) is 0 Å². The van der Waals surface area contributed by atoms with Crippen LogP contribution in [0, 0.1) is 29.1 Å². The molecule has 0 aromatic heterocycles. The Morgan fingerprint density at radius 1 is 1.56 bits per heavy atom. The Balaban J connectivity index is 2.37. The van der Waals surface area contributed by atoms with E-state index in [2.05, 4.69) is 0 Å². The second-order valence-corrected chi connectivity index (χ2v) is 4.23. The highest BCUT2D eigenvalue weighted by Gasteiger charge is 2.72. The Labute approximate surface area is 91.0 Å². The number of rotatable bonds is 2. The van der Waals surface area contributed by atoms with Crippen LogP contribution in [-0.4, -0.2) is 27.7 Å². The second kappa shape index (κ2) is 3.06. The maximum Gasteiger partial charge on any atom is 0.328 e. The number of hydrogen-bond acceptors (Lipinski definition) is 4. The topological polar surface area (TPSA) is 124 Å². The molecule has 6 heteroatoms. The molecule has 2 rings (SSSR count). The quantitative estimate of drug-likeness (QED) is 0.544. The maximum absolute atomic E-state index is 11.1. The molecule has 4 atom stereocenters.